The molecule has 24 heavy (non-hydrogen) atoms. The Bertz CT molecular complexity index is 965. The Morgan fingerprint density at radius 1 is 1.33 bits per heavy atom. The number of aromatic hydroxyl groups is 1. The van der Waals surface area contributed by atoms with Gasteiger partial charge in [0.15, 0.2) is 11.2 Å². The summed E-state index contributed by atoms with van der Waals surface area (Å²) in [4.78, 5) is 28.1. The summed E-state index contributed by atoms with van der Waals surface area (Å²) in [6.45, 7) is 1.92. The summed E-state index contributed by atoms with van der Waals surface area (Å²) in [5, 5.41) is 12.4. The molecular formula is C17H14N2O5. The fourth-order valence-corrected chi connectivity index (χ4v) is 2.29. The lowest BCUT2D eigenvalue weighted by atomic mass is 10.1. The first kappa shape index (κ1) is 15.5. The Balaban J connectivity index is 2.11. The highest BCUT2D eigenvalue weighted by Crippen LogP contribution is 2.29. The topological polar surface area (TPSA) is 102 Å². The average Bonchev–Trinajstić information content (AvgIpc) is 2.55. The molecule has 1 aromatic carbocycles. The van der Waals surface area contributed by atoms with Crippen molar-refractivity contribution in [3.05, 3.63) is 52.8 Å². The van der Waals surface area contributed by atoms with Gasteiger partial charge in [-0.15, -0.1) is 0 Å². The second-order valence-corrected chi connectivity index (χ2v) is 4.87. The Labute approximate surface area is 136 Å². The van der Waals surface area contributed by atoms with Gasteiger partial charge in [-0.25, -0.2) is 4.79 Å². The lowest BCUT2D eigenvalue weighted by Crippen LogP contribution is -2.14. The van der Waals surface area contributed by atoms with E-state index in [0.29, 0.717) is 5.69 Å². The molecule has 0 fully saturated rings. The SMILES string of the molecule is CCOC(=O)Nc1cccnc1-c1cc(=O)c2c(O)cccc2o1. The van der Waals surface area contributed by atoms with Crippen LogP contribution < -0.4 is 10.7 Å². The van der Waals surface area contributed by atoms with E-state index in [1.165, 1.54) is 18.3 Å². The second kappa shape index (κ2) is 6.41. The molecular weight excluding hydrogens is 312 g/mol. The number of hydrogen-bond acceptors (Lipinski definition) is 6. The number of phenolic OH excluding ortho intramolecular Hbond substituents is 1. The number of hydrogen-bond donors (Lipinski definition) is 2. The monoisotopic (exact) mass is 326 g/mol. The lowest BCUT2D eigenvalue weighted by Gasteiger charge is -2.10. The van der Waals surface area contributed by atoms with Crippen molar-refractivity contribution in [2.45, 2.75) is 6.92 Å². The molecule has 2 aromatic heterocycles. The number of anilines is 1. The first-order valence-electron chi connectivity index (χ1n) is 7.25. The van der Waals surface area contributed by atoms with Crippen molar-refractivity contribution in [3.8, 4) is 17.2 Å². The number of nitrogens with zero attached hydrogens (tertiary/aromatic N) is 1. The quantitative estimate of drug-likeness (QED) is 0.766. The summed E-state index contributed by atoms with van der Waals surface area (Å²) >= 11 is 0. The fourth-order valence-electron chi connectivity index (χ4n) is 2.29. The standard InChI is InChI=1S/C17H14N2O5/c1-2-23-17(22)19-10-5-4-8-18-16(10)14-9-12(21)15-11(20)6-3-7-13(15)24-14/h3-9,20H,2H2,1H3,(H,19,22). The van der Waals surface area contributed by atoms with Crippen LogP contribution in [0.1, 0.15) is 6.92 Å². The maximum atomic E-state index is 12.3. The number of ether oxygens (including phenoxy) is 1. The number of amides is 1. The van der Waals surface area contributed by atoms with Crippen LogP contribution >= 0.6 is 0 Å². The smallest absolute Gasteiger partial charge is 0.411 e. The van der Waals surface area contributed by atoms with Crippen LogP contribution in [0.4, 0.5) is 10.5 Å². The maximum Gasteiger partial charge on any atom is 0.411 e. The average molecular weight is 326 g/mol. The highest BCUT2D eigenvalue weighted by atomic mass is 16.5. The van der Waals surface area contributed by atoms with E-state index in [2.05, 4.69) is 10.3 Å². The third kappa shape index (κ3) is 2.91. The summed E-state index contributed by atoms with van der Waals surface area (Å²) in [7, 11) is 0. The van der Waals surface area contributed by atoms with Gasteiger partial charge in [0.1, 0.15) is 22.4 Å². The van der Waals surface area contributed by atoms with Crippen LogP contribution in [0.5, 0.6) is 5.75 Å². The number of pyridine rings is 1. The first-order valence-corrected chi connectivity index (χ1v) is 7.25. The largest absolute Gasteiger partial charge is 0.507 e. The molecule has 3 rings (SSSR count). The third-order valence-corrected chi connectivity index (χ3v) is 3.29. The number of fused-ring (bicyclic) bond motifs is 1. The summed E-state index contributed by atoms with van der Waals surface area (Å²) in [6, 6.07) is 9.03. The number of rotatable bonds is 3. The summed E-state index contributed by atoms with van der Waals surface area (Å²) in [5.41, 5.74) is 0.453. The molecule has 0 bridgehead atoms. The lowest BCUT2D eigenvalue weighted by molar-refractivity contribution is 0.168. The minimum atomic E-state index is -0.632. The molecule has 0 saturated heterocycles. The highest BCUT2D eigenvalue weighted by molar-refractivity contribution is 5.90. The third-order valence-electron chi connectivity index (χ3n) is 3.29. The summed E-state index contributed by atoms with van der Waals surface area (Å²) < 4.78 is 10.5. The molecule has 7 heteroatoms. The molecule has 1 amide bonds. The first-order chi connectivity index (χ1) is 11.6. The van der Waals surface area contributed by atoms with E-state index < -0.39 is 11.5 Å². The number of aromatic nitrogens is 1. The second-order valence-electron chi connectivity index (χ2n) is 4.87. The van der Waals surface area contributed by atoms with Gasteiger partial charge in [0.05, 0.1) is 12.3 Å². The van der Waals surface area contributed by atoms with E-state index in [0.717, 1.165) is 0 Å². The Kier molecular flexibility index (Phi) is 4.15. The van der Waals surface area contributed by atoms with Gasteiger partial charge < -0.3 is 14.3 Å². The molecule has 0 spiro atoms. The molecule has 0 aliphatic rings. The van der Waals surface area contributed by atoms with Crippen molar-refractivity contribution in [1.82, 2.24) is 4.98 Å². The van der Waals surface area contributed by atoms with E-state index in [-0.39, 0.29) is 34.8 Å². The van der Waals surface area contributed by atoms with Crippen molar-refractivity contribution in [1.29, 1.82) is 0 Å². The van der Waals surface area contributed by atoms with Gasteiger partial charge in [-0.3, -0.25) is 15.1 Å². The van der Waals surface area contributed by atoms with Crippen LogP contribution in [-0.2, 0) is 4.74 Å². The molecule has 0 aliphatic heterocycles. The molecule has 0 aliphatic carbocycles. The number of nitrogens with one attached hydrogen (secondary N) is 1. The number of benzene rings is 1. The fraction of sp³-hybridized carbons (Fsp3) is 0.118. The van der Waals surface area contributed by atoms with Crippen molar-refractivity contribution in [2.24, 2.45) is 0 Å². The van der Waals surface area contributed by atoms with Gasteiger partial charge in [-0.05, 0) is 31.2 Å². The normalized spacial score (nSPS) is 10.5. The van der Waals surface area contributed by atoms with Crippen molar-refractivity contribution >= 4 is 22.7 Å². The molecule has 0 radical (unpaired) electrons. The Morgan fingerprint density at radius 2 is 2.17 bits per heavy atom. The van der Waals surface area contributed by atoms with Crippen LogP contribution in [0, 0.1) is 0 Å². The number of phenols is 1. The van der Waals surface area contributed by atoms with Crippen LogP contribution in [0.2, 0.25) is 0 Å². The van der Waals surface area contributed by atoms with Gasteiger partial charge in [0, 0.05) is 12.3 Å². The van der Waals surface area contributed by atoms with Gasteiger partial charge >= 0.3 is 6.09 Å². The van der Waals surface area contributed by atoms with E-state index >= 15 is 0 Å². The highest BCUT2D eigenvalue weighted by Gasteiger charge is 2.15. The summed E-state index contributed by atoms with van der Waals surface area (Å²) in [5.74, 6) is 0.0178. The number of carbonyl (C=O) groups is 1. The molecule has 122 valence electrons. The van der Waals surface area contributed by atoms with Crippen LogP contribution in [0.25, 0.3) is 22.4 Å². The zero-order chi connectivity index (χ0) is 17.1. The van der Waals surface area contributed by atoms with Crippen molar-refractivity contribution < 1.29 is 19.1 Å². The van der Waals surface area contributed by atoms with E-state index in [4.69, 9.17) is 9.15 Å². The molecule has 0 saturated carbocycles. The van der Waals surface area contributed by atoms with E-state index in [1.54, 1.807) is 31.2 Å². The van der Waals surface area contributed by atoms with Crippen molar-refractivity contribution in [2.75, 3.05) is 11.9 Å². The molecule has 0 unspecified atom stereocenters. The van der Waals surface area contributed by atoms with Gasteiger partial charge in [0.2, 0.25) is 0 Å². The van der Waals surface area contributed by atoms with E-state index in [1.807, 2.05) is 0 Å². The maximum absolute atomic E-state index is 12.3. The van der Waals surface area contributed by atoms with Crippen LogP contribution in [-0.4, -0.2) is 22.8 Å². The van der Waals surface area contributed by atoms with Crippen LogP contribution in [0.3, 0.4) is 0 Å². The Morgan fingerprint density at radius 3 is 2.96 bits per heavy atom. The molecule has 2 N–H and O–H groups in total. The predicted molar refractivity (Wildman–Crippen MR) is 88.0 cm³/mol. The van der Waals surface area contributed by atoms with Crippen LogP contribution in [0.15, 0.2) is 51.8 Å². The van der Waals surface area contributed by atoms with E-state index in [9.17, 15) is 14.7 Å². The predicted octanol–water partition coefficient (Wildman–Crippen LogP) is 3.13. The molecule has 7 nitrogen and oxygen atoms in total. The summed E-state index contributed by atoms with van der Waals surface area (Å²) in [6.07, 6.45) is 0.880. The van der Waals surface area contributed by atoms with Gasteiger partial charge in [0.25, 0.3) is 0 Å². The van der Waals surface area contributed by atoms with Gasteiger partial charge in [-0.2, -0.15) is 0 Å². The zero-order valence-corrected chi connectivity index (χ0v) is 12.8. The minimum absolute atomic E-state index is 0.0945. The molecule has 2 heterocycles. The molecule has 0 atom stereocenters. The van der Waals surface area contributed by atoms with Crippen molar-refractivity contribution in [3.63, 3.8) is 0 Å². The molecule has 3 aromatic rings. The van der Waals surface area contributed by atoms with Gasteiger partial charge in [-0.1, -0.05) is 6.07 Å². The minimum Gasteiger partial charge on any atom is -0.507 e. The zero-order valence-electron chi connectivity index (χ0n) is 12.8. The Hall–Kier alpha value is -3.35. The number of carbonyl (C=O) groups excluding carboxylic acids is 1.